The Morgan fingerprint density at radius 3 is 2.86 bits per heavy atom. The molecule has 0 radical (unpaired) electrons. The molecule has 0 saturated carbocycles. The highest BCUT2D eigenvalue weighted by Crippen LogP contribution is 2.17. The second kappa shape index (κ2) is 3.95. The van der Waals surface area contributed by atoms with E-state index in [2.05, 4.69) is 5.32 Å². The lowest BCUT2D eigenvalue weighted by atomic mass is 9.98. The van der Waals surface area contributed by atoms with Gasteiger partial charge in [-0.25, -0.2) is 0 Å². The maximum absolute atomic E-state index is 10.9. The van der Waals surface area contributed by atoms with Gasteiger partial charge in [-0.1, -0.05) is 0 Å². The van der Waals surface area contributed by atoms with Crippen molar-refractivity contribution in [1.82, 2.24) is 5.32 Å². The van der Waals surface area contributed by atoms with Crippen molar-refractivity contribution in [3.05, 3.63) is 11.8 Å². The van der Waals surface area contributed by atoms with Crippen LogP contribution in [-0.4, -0.2) is 33.7 Å². The lowest BCUT2D eigenvalue weighted by Gasteiger charge is -2.26. The molecule has 0 spiro atoms. The molecule has 0 fully saturated rings. The molecule has 6 N–H and O–H groups in total. The van der Waals surface area contributed by atoms with Crippen molar-refractivity contribution in [2.75, 3.05) is 6.54 Å². The smallest absolute Gasteiger partial charge is 0.224 e. The van der Waals surface area contributed by atoms with Crippen molar-refractivity contribution in [1.29, 1.82) is 0 Å². The van der Waals surface area contributed by atoms with Gasteiger partial charge in [0.05, 0.1) is 12.5 Å². The first kappa shape index (κ1) is 11.0. The minimum Gasteiger partial charge on any atom is -0.511 e. The van der Waals surface area contributed by atoms with E-state index >= 15 is 0 Å². The molecule has 1 rings (SSSR count). The second-order valence-corrected chi connectivity index (χ2v) is 3.38. The molecule has 1 heterocycles. The summed E-state index contributed by atoms with van der Waals surface area (Å²) in [5.74, 6) is -3.43. The van der Waals surface area contributed by atoms with E-state index in [1.54, 1.807) is 0 Å². The second-order valence-electron chi connectivity index (χ2n) is 3.38. The highest BCUT2D eigenvalue weighted by Gasteiger charge is 2.27. The lowest BCUT2D eigenvalue weighted by Crippen LogP contribution is -2.47. The Bertz CT molecular complexity index is 262. The fourth-order valence-electron chi connectivity index (χ4n) is 1.28. The standard InChI is InChI=1S/C8H14N2O4/c9-7(12)5-1-2-8(13,14)10-4-6(11)3-5/h3,5,10-11,13-14H,1-2,4H2,(H2,9,12)/b6-3-. The number of nitrogens with one attached hydrogen (secondary N) is 1. The van der Waals surface area contributed by atoms with Crippen LogP contribution in [0.1, 0.15) is 12.8 Å². The van der Waals surface area contributed by atoms with Crippen molar-refractivity contribution in [2.24, 2.45) is 11.7 Å². The molecule has 1 unspecified atom stereocenters. The monoisotopic (exact) mass is 202 g/mol. The molecular weight excluding hydrogens is 188 g/mol. The Kier molecular flexibility index (Phi) is 3.10. The number of nitrogens with two attached hydrogens (primary N) is 1. The highest BCUT2D eigenvalue weighted by atomic mass is 16.5. The molecule has 1 amide bonds. The Morgan fingerprint density at radius 2 is 2.29 bits per heavy atom. The van der Waals surface area contributed by atoms with Gasteiger partial charge in [0.2, 0.25) is 11.8 Å². The average Bonchev–Trinajstić information content (AvgIpc) is 2.06. The van der Waals surface area contributed by atoms with Crippen LogP contribution in [0.15, 0.2) is 11.8 Å². The molecule has 1 aliphatic heterocycles. The zero-order chi connectivity index (χ0) is 10.8. The normalized spacial score (nSPS) is 31.0. The lowest BCUT2D eigenvalue weighted by molar-refractivity contribution is -0.191. The number of aliphatic hydroxyl groups excluding tert-OH is 1. The van der Waals surface area contributed by atoms with Crippen LogP contribution in [0.4, 0.5) is 0 Å². The van der Waals surface area contributed by atoms with Crippen LogP contribution in [0.2, 0.25) is 0 Å². The Labute approximate surface area is 81.0 Å². The predicted molar refractivity (Wildman–Crippen MR) is 47.8 cm³/mol. The summed E-state index contributed by atoms with van der Waals surface area (Å²) in [6.45, 7) is -0.100. The van der Waals surface area contributed by atoms with Gasteiger partial charge in [0.25, 0.3) is 0 Å². The third-order valence-electron chi connectivity index (χ3n) is 2.12. The highest BCUT2D eigenvalue weighted by molar-refractivity contribution is 5.78. The van der Waals surface area contributed by atoms with Gasteiger partial charge in [0, 0.05) is 6.42 Å². The number of hydrogen-bond donors (Lipinski definition) is 5. The average molecular weight is 202 g/mol. The topological polar surface area (TPSA) is 116 Å². The molecular formula is C8H14N2O4. The van der Waals surface area contributed by atoms with Crippen LogP contribution in [0.3, 0.4) is 0 Å². The minimum absolute atomic E-state index is 0.0234. The summed E-state index contributed by atoms with van der Waals surface area (Å²) in [5, 5.41) is 30.0. The summed E-state index contributed by atoms with van der Waals surface area (Å²) in [6, 6.07) is 0. The number of aliphatic hydroxyl groups is 3. The van der Waals surface area contributed by atoms with Crippen LogP contribution >= 0.6 is 0 Å². The maximum Gasteiger partial charge on any atom is 0.224 e. The molecule has 0 aromatic heterocycles. The summed E-state index contributed by atoms with van der Waals surface area (Å²) in [5.41, 5.74) is 5.06. The molecule has 0 aromatic rings. The van der Waals surface area contributed by atoms with Crippen molar-refractivity contribution < 1.29 is 20.1 Å². The van der Waals surface area contributed by atoms with E-state index in [0.717, 1.165) is 0 Å². The van der Waals surface area contributed by atoms with Crippen LogP contribution in [0, 0.1) is 5.92 Å². The van der Waals surface area contributed by atoms with E-state index in [9.17, 15) is 20.1 Å². The number of rotatable bonds is 1. The first-order valence-electron chi connectivity index (χ1n) is 4.29. The fraction of sp³-hybridized carbons (Fsp3) is 0.625. The summed E-state index contributed by atoms with van der Waals surface area (Å²) in [7, 11) is 0. The zero-order valence-electron chi connectivity index (χ0n) is 7.60. The Balaban J connectivity index is 2.77. The van der Waals surface area contributed by atoms with Crippen LogP contribution in [0.25, 0.3) is 0 Å². The number of primary amides is 1. The van der Waals surface area contributed by atoms with Gasteiger partial charge in [-0.2, -0.15) is 0 Å². The summed E-state index contributed by atoms with van der Waals surface area (Å²) >= 11 is 0. The predicted octanol–water partition coefficient (Wildman–Crippen LogP) is -1.45. The van der Waals surface area contributed by atoms with E-state index < -0.39 is 17.7 Å². The van der Waals surface area contributed by atoms with Crippen LogP contribution in [0.5, 0.6) is 0 Å². The van der Waals surface area contributed by atoms with Crippen molar-refractivity contribution >= 4 is 5.91 Å². The molecule has 0 aliphatic carbocycles. The first-order valence-corrected chi connectivity index (χ1v) is 4.29. The summed E-state index contributed by atoms with van der Waals surface area (Å²) in [4.78, 5) is 10.9. The molecule has 1 atom stereocenters. The molecule has 0 saturated heterocycles. The number of carbonyl (C=O) groups is 1. The van der Waals surface area contributed by atoms with E-state index in [-0.39, 0.29) is 25.1 Å². The van der Waals surface area contributed by atoms with Gasteiger partial charge in [-0.15, -0.1) is 0 Å². The Hall–Kier alpha value is -1.11. The van der Waals surface area contributed by atoms with Crippen molar-refractivity contribution in [2.45, 2.75) is 18.8 Å². The SMILES string of the molecule is NC(=O)C1/C=C(\O)CNC(O)(O)CC1. The maximum atomic E-state index is 10.9. The quantitative estimate of drug-likeness (QED) is 0.334. The molecule has 0 aromatic carbocycles. The molecule has 80 valence electrons. The van der Waals surface area contributed by atoms with Gasteiger partial charge in [0.15, 0.2) is 0 Å². The number of amides is 1. The van der Waals surface area contributed by atoms with E-state index in [1.165, 1.54) is 6.08 Å². The van der Waals surface area contributed by atoms with Gasteiger partial charge >= 0.3 is 0 Å². The first-order chi connectivity index (χ1) is 6.41. The van der Waals surface area contributed by atoms with Gasteiger partial charge in [0.1, 0.15) is 5.76 Å². The molecule has 0 bridgehead atoms. The van der Waals surface area contributed by atoms with Gasteiger partial charge < -0.3 is 21.1 Å². The van der Waals surface area contributed by atoms with Gasteiger partial charge in [-0.3, -0.25) is 10.1 Å². The van der Waals surface area contributed by atoms with E-state index in [1.807, 2.05) is 0 Å². The molecule has 14 heavy (non-hydrogen) atoms. The zero-order valence-corrected chi connectivity index (χ0v) is 7.60. The van der Waals surface area contributed by atoms with Gasteiger partial charge in [-0.05, 0) is 12.5 Å². The van der Waals surface area contributed by atoms with Crippen molar-refractivity contribution in [3.63, 3.8) is 0 Å². The molecule has 6 nitrogen and oxygen atoms in total. The number of carbonyl (C=O) groups excluding carboxylic acids is 1. The minimum atomic E-state index is -2.06. The summed E-state index contributed by atoms with van der Waals surface area (Å²) < 4.78 is 0. The van der Waals surface area contributed by atoms with Crippen molar-refractivity contribution in [3.8, 4) is 0 Å². The van der Waals surface area contributed by atoms with Crippen LogP contribution < -0.4 is 11.1 Å². The summed E-state index contributed by atoms with van der Waals surface area (Å²) in [6.07, 6.45) is 1.48. The largest absolute Gasteiger partial charge is 0.511 e. The third-order valence-corrected chi connectivity index (χ3v) is 2.12. The van der Waals surface area contributed by atoms with E-state index in [0.29, 0.717) is 0 Å². The van der Waals surface area contributed by atoms with E-state index in [4.69, 9.17) is 5.73 Å². The van der Waals surface area contributed by atoms with Crippen LogP contribution in [-0.2, 0) is 4.79 Å². The fourth-order valence-corrected chi connectivity index (χ4v) is 1.28. The third kappa shape index (κ3) is 2.99. The number of hydrogen-bond acceptors (Lipinski definition) is 5. The molecule has 1 aliphatic rings. The Morgan fingerprint density at radius 1 is 1.64 bits per heavy atom. The molecule has 6 heteroatoms.